The van der Waals surface area contributed by atoms with E-state index in [1.165, 1.54) is 42.0 Å². The van der Waals surface area contributed by atoms with E-state index in [4.69, 9.17) is 24.7 Å². The number of ether oxygens (including phenoxy) is 1. The molecule has 0 bridgehead atoms. The molecule has 0 saturated heterocycles. The average molecular weight is 824 g/mol. The summed E-state index contributed by atoms with van der Waals surface area (Å²) in [6.07, 6.45) is 9.73. The number of allylic oxidation sites excluding steroid dienone is 3. The Balaban J connectivity index is 1.09. The standard InChI is InChI=1S/C55H45N5OS/c1-4-61-37(3)19-15-14-18-36(2)54-57-50(58-55(59-54)39-22-10-6-11-23-39)34-41-32-42(38-20-8-5-9-21-38)35-56-53(41)40-28-29-45-49(33-40)62-48-31-30-47-51(52(45)48)44-26-16-17-27-46(44)60(47)43-24-12-7-13-25-43/h5-18,20-33,35,37H,4,19,34H2,1-3H3/b15-14-,36-18+. The molecule has 10 rings (SSSR count). The first-order valence-electron chi connectivity index (χ1n) is 21.3. The number of thiophene rings is 1. The molecule has 1 unspecified atom stereocenters. The number of pyridine rings is 1. The maximum atomic E-state index is 5.72. The fourth-order valence-corrected chi connectivity index (χ4v) is 9.65. The lowest BCUT2D eigenvalue weighted by Crippen LogP contribution is -2.07. The van der Waals surface area contributed by atoms with Gasteiger partial charge in [0.2, 0.25) is 0 Å². The van der Waals surface area contributed by atoms with Gasteiger partial charge in [0, 0.05) is 72.5 Å². The Hall–Kier alpha value is -7.06. The van der Waals surface area contributed by atoms with Crippen molar-refractivity contribution in [3.8, 4) is 39.5 Å². The van der Waals surface area contributed by atoms with E-state index in [1.54, 1.807) is 0 Å². The Morgan fingerprint density at radius 1 is 0.677 bits per heavy atom. The Bertz CT molecular complexity index is 3280. The van der Waals surface area contributed by atoms with Crippen LogP contribution in [0.5, 0.6) is 0 Å². The smallest absolute Gasteiger partial charge is 0.163 e. The van der Waals surface area contributed by atoms with E-state index < -0.39 is 0 Å². The van der Waals surface area contributed by atoms with Crippen LogP contribution in [0.4, 0.5) is 0 Å². The van der Waals surface area contributed by atoms with Crippen molar-refractivity contribution in [1.82, 2.24) is 24.5 Å². The fourth-order valence-electron chi connectivity index (χ4n) is 8.49. The van der Waals surface area contributed by atoms with Gasteiger partial charge in [-0.1, -0.05) is 127 Å². The summed E-state index contributed by atoms with van der Waals surface area (Å²) in [6.45, 7) is 6.88. The highest BCUT2D eigenvalue weighted by molar-refractivity contribution is 7.26. The second-order valence-electron chi connectivity index (χ2n) is 15.7. The van der Waals surface area contributed by atoms with Gasteiger partial charge in [0.15, 0.2) is 11.6 Å². The SMILES string of the molecule is CCOC(C)C/C=C\C=C(/C)c1nc(Cc2cc(-c3ccccc3)cnc2-c2ccc3c(c2)sc2ccc4c(c5ccccc5n4-c4ccccc4)c23)nc(-c2ccccc2)n1. The topological polar surface area (TPSA) is 65.7 Å². The molecular weight excluding hydrogens is 779 g/mol. The maximum Gasteiger partial charge on any atom is 0.163 e. The van der Waals surface area contributed by atoms with Crippen LogP contribution in [0.25, 0.3) is 87.0 Å². The summed E-state index contributed by atoms with van der Waals surface area (Å²) in [7, 11) is 0. The highest BCUT2D eigenvalue weighted by Gasteiger charge is 2.20. The summed E-state index contributed by atoms with van der Waals surface area (Å²) >= 11 is 1.84. The van der Waals surface area contributed by atoms with Crippen molar-refractivity contribution in [3.05, 3.63) is 193 Å². The number of rotatable bonds is 12. The summed E-state index contributed by atoms with van der Waals surface area (Å²) in [4.78, 5) is 20.4. The minimum absolute atomic E-state index is 0.163. The summed E-state index contributed by atoms with van der Waals surface area (Å²) in [5, 5.41) is 5.08. The third kappa shape index (κ3) is 7.62. The quantitative estimate of drug-likeness (QED) is 0.115. The summed E-state index contributed by atoms with van der Waals surface area (Å²) in [5.74, 6) is 1.98. The van der Waals surface area contributed by atoms with E-state index in [9.17, 15) is 0 Å². The lowest BCUT2D eigenvalue weighted by Gasteiger charge is -2.13. The molecule has 10 aromatic rings. The largest absolute Gasteiger partial charge is 0.378 e. The first-order valence-corrected chi connectivity index (χ1v) is 22.1. The van der Waals surface area contributed by atoms with E-state index in [2.05, 4.69) is 152 Å². The number of fused-ring (bicyclic) bond motifs is 7. The Kier molecular flexibility index (Phi) is 10.8. The van der Waals surface area contributed by atoms with Gasteiger partial charge >= 0.3 is 0 Å². The molecule has 0 aliphatic rings. The first-order chi connectivity index (χ1) is 30.5. The predicted octanol–water partition coefficient (Wildman–Crippen LogP) is 14.1. The van der Waals surface area contributed by atoms with Crippen molar-refractivity contribution < 1.29 is 4.74 Å². The van der Waals surface area contributed by atoms with Crippen LogP contribution in [-0.4, -0.2) is 37.2 Å². The molecule has 6 nitrogen and oxygen atoms in total. The van der Waals surface area contributed by atoms with Crippen molar-refractivity contribution in [2.24, 2.45) is 0 Å². The number of hydrogen-bond donors (Lipinski definition) is 0. The Morgan fingerprint density at radius 3 is 2.21 bits per heavy atom. The summed E-state index contributed by atoms with van der Waals surface area (Å²) in [6, 6.07) is 53.7. The number of benzene rings is 6. The van der Waals surface area contributed by atoms with Crippen molar-refractivity contribution in [1.29, 1.82) is 0 Å². The molecule has 0 spiro atoms. The van der Waals surface area contributed by atoms with Gasteiger partial charge in [-0.2, -0.15) is 0 Å². The number of hydrogen-bond acceptors (Lipinski definition) is 6. The van der Waals surface area contributed by atoms with Crippen molar-refractivity contribution >= 4 is 58.9 Å². The van der Waals surface area contributed by atoms with Gasteiger partial charge in [-0.25, -0.2) is 15.0 Å². The van der Waals surface area contributed by atoms with Crippen LogP contribution in [0.2, 0.25) is 0 Å². The molecule has 1 atom stereocenters. The molecule has 0 saturated carbocycles. The van der Waals surface area contributed by atoms with Gasteiger partial charge < -0.3 is 9.30 Å². The van der Waals surface area contributed by atoms with Gasteiger partial charge in [-0.3, -0.25) is 4.98 Å². The van der Waals surface area contributed by atoms with Crippen LogP contribution in [0.1, 0.15) is 44.4 Å². The molecular formula is C55H45N5OS. The van der Waals surface area contributed by atoms with Crippen LogP contribution in [0.15, 0.2) is 176 Å². The van der Waals surface area contributed by atoms with Crippen molar-refractivity contribution in [3.63, 3.8) is 0 Å². The van der Waals surface area contributed by atoms with E-state index >= 15 is 0 Å². The molecule has 62 heavy (non-hydrogen) atoms. The van der Waals surface area contributed by atoms with Crippen LogP contribution in [0, 0.1) is 0 Å². The zero-order valence-corrected chi connectivity index (χ0v) is 35.8. The molecule has 302 valence electrons. The van der Waals surface area contributed by atoms with E-state index in [-0.39, 0.29) is 6.10 Å². The lowest BCUT2D eigenvalue weighted by atomic mass is 9.97. The predicted molar refractivity (Wildman–Crippen MR) is 259 cm³/mol. The highest BCUT2D eigenvalue weighted by Crippen LogP contribution is 2.44. The second-order valence-corrected chi connectivity index (χ2v) is 16.7. The normalized spacial score (nSPS) is 12.7. The molecule has 0 radical (unpaired) electrons. The molecule has 0 fully saturated rings. The molecule has 0 aliphatic heterocycles. The van der Waals surface area contributed by atoms with Gasteiger partial charge in [0.25, 0.3) is 0 Å². The van der Waals surface area contributed by atoms with Crippen LogP contribution in [0.3, 0.4) is 0 Å². The van der Waals surface area contributed by atoms with E-state index in [0.29, 0.717) is 30.5 Å². The van der Waals surface area contributed by atoms with Crippen LogP contribution < -0.4 is 0 Å². The third-order valence-electron chi connectivity index (χ3n) is 11.4. The number of para-hydroxylation sites is 2. The molecule has 0 N–H and O–H groups in total. The molecule has 4 aromatic heterocycles. The zero-order chi connectivity index (χ0) is 42.0. The van der Waals surface area contributed by atoms with Crippen LogP contribution >= 0.6 is 11.3 Å². The fraction of sp³-hybridized carbons (Fsp3) is 0.127. The average Bonchev–Trinajstić information content (AvgIpc) is 3.86. The molecule has 0 aliphatic carbocycles. The Morgan fingerprint density at radius 2 is 1.42 bits per heavy atom. The maximum absolute atomic E-state index is 5.72. The summed E-state index contributed by atoms with van der Waals surface area (Å²) < 4.78 is 10.6. The minimum atomic E-state index is 0.163. The van der Waals surface area contributed by atoms with Gasteiger partial charge in [0.1, 0.15) is 5.82 Å². The zero-order valence-electron chi connectivity index (χ0n) is 35.0. The molecule has 7 heteroatoms. The van der Waals surface area contributed by atoms with Gasteiger partial charge in [0.05, 0.1) is 22.8 Å². The van der Waals surface area contributed by atoms with Crippen molar-refractivity contribution in [2.45, 2.75) is 39.7 Å². The van der Waals surface area contributed by atoms with E-state index in [1.807, 2.05) is 60.9 Å². The number of aromatic nitrogens is 5. The molecule has 4 heterocycles. The van der Waals surface area contributed by atoms with Crippen molar-refractivity contribution in [2.75, 3.05) is 6.61 Å². The van der Waals surface area contributed by atoms with Gasteiger partial charge in [-0.05, 0) is 86.4 Å². The van der Waals surface area contributed by atoms with Gasteiger partial charge in [-0.15, -0.1) is 11.3 Å². The second kappa shape index (κ2) is 17.1. The first kappa shape index (κ1) is 39.1. The molecule has 0 amide bonds. The highest BCUT2D eigenvalue weighted by atomic mass is 32.1. The minimum Gasteiger partial charge on any atom is -0.378 e. The monoisotopic (exact) mass is 823 g/mol. The number of nitrogens with zero attached hydrogens (tertiary/aromatic N) is 5. The summed E-state index contributed by atoms with van der Waals surface area (Å²) in [5.41, 5.74) is 10.6. The van der Waals surface area contributed by atoms with E-state index in [0.717, 1.165) is 51.2 Å². The lowest BCUT2D eigenvalue weighted by molar-refractivity contribution is 0.0787. The van der Waals surface area contributed by atoms with Crippen LogP contribution in [-0.2, 0) is 11.2 Å². The molecule has 6 aromatic carbocycles. The third-order valence-corrected chi connectivity index (χ3v) is 12.6. The Labute approximate surface area is 365 Å².